The van der Waals surface area contributed by atoms with Crippen molar-refractivity contribution < 1.29 is 0 Å². The molecule has 1 heterocycles. The van der Waals surface area contributed by atoms with Gasteiger partial charge in [0.25, 0.3) is 0 Å². The smallest absolute Gasteiger partial charge is 0.133 e. The number of aliphatic imine (C=N–C) groups is 1. The van der Waals surface area contributed by atoms with Crippen LogP contribution in [0.25, 0.3) is 11.1 Å². The second-order valence-electron chi connectivity index (χ2n) is 13.2. The Bertz CT molecular complexity index is 1780. The SMILES string of the molecule is CCCC1=C(c2ccccc2)C(C2C=CCCC2)N=C(c2ccc(C3=CC4c5ccccc5C5C=CC=CC5C4C=C3)cc2)N1. The third-order valence-corrected chi connectivity index (χ3v) is 10.5. The van der Waals surface area contributed by atoms with Crippen molar-refractivity contribution in [1.82, 2.24) is 5.32 Å². The van der Waals surface area contributed by atoms with E-state index in [-0.39, 0.29) is 6.04 Å². The molecule has 5 aliphatic rings. The van der Waals surface area contributed by atoms with Crippen LogP contribution in [0.4, 0.5) is 0 Å². The van der Waals surface area contributed by atoms with Crippen LogP contribution in [0.2, 0.25) is 0 Å². The molecule has 0 radical (unpaired) electrons. The van der Waals surface area contributed by atoms with Crippen molar-refractivity contribution in [2.75, 3.05) is 0 Å². The van der Waals surface area contributed by atoms with Crippen LogP contribution in [0.1, 0.15) is 78.7 Å². The number of nitrogens with zero attached hydrogens (tertiary/aromatic N) is 1. The number of allylic oxidation sites excluding steroid dienone is 10. The summed E-state index contributed by atoms with van der Waals surface area (Å²) in [7, 11) is 0. The van der Waals surface area contributed by atoms with E-state index in [1.165, 1.54) is 58.4 Å². The molecule has 0 aromatic heterocycles. The summed E-state index contributed by atoms with van der Waals surface area (Å²) in [5.74, 6) is 3.30. The van der Waals surface area contributed by atoms with Crippen molar-refractivity contribution in [2.24, 2.45) is 22.7 Å². The number of nitrogens with one attached hydrogen (secondary N) is 1. The summed E-state index contributed by atoms with van der Waals surface area (Å²) in [6.07, 6.45) is 27.1. The van der Waals surface area contributed by atoms with Crippen molar-refractivity contribution in [1.29, 1.82) is 0 Å². The summed E-state index contributed by atoms with van der Waals surface area (Å²) in [4.78, 5) is 5.48. The minimum absolute atomic E-state index is 0.126. The summed E-state index contributed by atoms with van der Waals surface area (Å²) >= 11 is 0. The van der Waals surface area contributed by atoms with Crippen molar-refractivity contribution in [3.05, 3.63) is 167 Å². The van der Waals surface area contributed by atoms with Crippen molar-refractivity contribution in [3.63, 3.8) is 0 Å². The topological polar surface area (TPSA) is 24.4 Å². The molecule has 4 aliphatic carbocycles. The highest BCUT2D eigenvalue weighted by Crippen LogP contribution is 2.52. The lowest BCUT2D eigenvalue weighted by atomic mass is 9.61. The van der Waals surface area contributed by atoms with E-state index in [0.29, 0.717) is 29.6 Å². The molecule has 6 atom stereocenters. The lowest BCUT2D eigenvalue weighted by molar-refractivity contribution is 0.371. The lowest BCUT2D eigenvalue weighted by Crippen LogP contribution is -2.36. The highest BCUT2D eigenvalue weighted by atomic mass is 15.1. The Morgan fingerprint density at radius 1 is 0.733 bits per heavy atom. The molecule has 1 aliphatic heterocycles. The van der Waals surface area contributed by atoms with E-state index in [4.69, 9.17) is 4.99 Å². The number of hydrogen-bond donors (Lipinski definition) is 1. The molecule has 3 aromatic rings. The first-order valence-corrected chi connectivity index (χ1v) is 17.0. The Balaban J connectivity index is 1.12. The van der Waals surface area contributed by atoms with Gasteiger partial charge < -0.3 is 5.32 Å². The Morgan fingerprint density at radius 3 is 2.24 bits per heavy atom. The monoisotopic (exact) mass is 586 g/mol. The van der Waals surface area contributed by atoms with Crippen LogP contribution < -0.4 is 5.32 Å². The first-order chi connectivity index (χ1) is 22.3. The zero-order valence-corrected chi connectivity index (χ0v) is 26.1. The molecule has 0 fully saturated rings. The maximum Gasteiger partial charge on any atom is 0.133 e. The largest absolute Gasteiger partial charge is 0.343 e. The normalized spacial score (nSPS) is 28.0. The van der Waals surface area contributed by atoms with Gasteiger partial charge in [-0.2, -0.15) is 0 Å². The molecule has 224 valence electrons. The van der Waals surface area contributed by atoms with Gasteiger partial charge in [-0.05, 0) is 65.3 Å². The first-order valence-electron chi connectivity index (χ1n) is 17.0. The van der Waals surface area contributed by atoms with Gasteiger partial charge in [0, 0.05) is 34.6 Å². The Hall–Kier alpha value is -4.43. The summed E-state index contributed by atoms with van der Waals surface area (Å²) in [5, 5.41) is 3.83. The summed E-state index contributed by atoms with van der Waals surface area (Å²) in [6, 6.07) is 29.3. The molecule has 8 rings (SSSR count). The molecule has 0 saturated heterocycles. The van der Waals surface area contributed by atoms with E-state index < -0.39 is 0 Å². The molecular weight excluding hydrogens is 544 g/mol. The molecular formula is C43H42N2. The van der Waals surface area contributed by atoms with Crippen molar-refractivity contribution in [3.8, 4) is 0 Å². The van der Waals surface area contributed by atoms with Gasteiger partial charge in [-0.25, -0.2) is 0 Å². The fraction of sp³-hybridized carbons (Fsp3) is 0.279. The second kappa shape index (κ2) is 12.2. The highest BCUT2D eigenvalue weighted by molar-refractivity contribution is 6.03. The van der Waals surface area contributed by atoms with E-state index in [1.54, 1.807) is 0 Å². The van der Waals surface area contributed by atoms with Crippen LogP contribution in [0.5, 0.6) is 0 Å². The van der Waals surface area contributed by atoms with E-state index >= 15 is 0 Å². The number of rotatable bonds is 6. The van der Waals surface area contributed by atoms with Crippen LogP contribution in [-0.2, 0) is 0 Å². The van der Waals surface area contributed by atoms with Crippen LogP contribution in [0, 0.1) is 17.8 Å². The minimum atomic E-state index is 0.126. The first kappa shape index (κ1) is 28.1. The van der Waals surface area contributed by atoms with Gasteiger partial charge in [0.05, 0.1) is 6.04 Å². The molecule has 3 aromatic carbocycles. The minimum Gasteiger partial charge on any atom is -0.343 e. The van der Waals surface area contributed by atoms with Crippen LogP contribution in [-0.4, -0.2) is 11.9 Å². The van der Waals surface area contributed by atoms with E-state index in [0.717, 1.165) is 24.2 Å². The van der Waals surface area contributed by atoms with Crippen molar-refractivity contribution >= 4 is 17.0 Å². The number of benzene rings is 3. The van der Waals surface area contributed by atoms with E-state index in [9.17, 15) is 0 Å². The third kappa shape index (κ3) is 5.21. The molecule has 0 bridgehead atoms. The predicted molar refractivity (Wildman–Crippen MR) is 189 cm³/mol. The molecule has 2 nitrogen and oxygen atoms in total. The third-order valence-electron chi connectivity index (χ3n) is 10.5. The molecule has 1 N–H and O–H groups in total. The quantitative estimate of drug-likeness (QED) is 0.286. The van der Waals surface area contributed by atoms with Gasteiger partial charge in [0.1, 0.15) is 5.84 Å². The highest BCUT2D eigenvalue weighted by Gasteiger charge is 2.40. The Morgan fingerprint density at radius 2 is 1.47 bits per heavy atom. The standard InChI is InChI=1S/C43H42N2/c1-2-13-40-41(30-14-5-3-6-15-30)42(31-16-7-4-8-17-31)45-43(44-40)32-24-22-29(23-25-32)33-26-27-38-36-20-10-9-18-34(36)35-19-11-12-21-37(35)39(38)28-33/h3,5-7,9-12,14-16,18-28,31,34,36,38-39,42H,2,4,8,13,17H2,1H3,(H,44,45). The average molecular weight is 587 g/mol. The van der Waals surface area contributed by atoms with Crippen LogP contribution in [0.15, 0.2) is 144 Å². The van der Waals surface area contributed by atoms with Gasteiger partial charge >= 0.3 is 0 Å². The van der Waals surface area contributed by atoms with Gasteiger partial charge in [0.15, 0.2) is 0 Å². The maximum atomic E-state index is 5.48. The fourth-order valence-corrected chi connectivity index (χ4v) is 8.39. The van der Waals surface area contributed by atoms with Gasteiger partial charge in [-0.3, -0.25) is 4.99 Å². The second-order valence-corrected chi connectivity index (χ2v) is 13.2. The number of hydrogen-bond acceptors (Lipinski definition) is 2. The fourth-order valence-electron chi connectivity index (χ4n) is 8.39. The predicted octanol–water partition coefficient (Wildman–Crippen LogP) is 10.2. The van der Waals surface area contributed by atoms with Gasteiger partial charge in [0.2, 0.25) is 0 Å². The average Bonchev–Trinajstić information content (AvgIpc) is 3.12. The zero-order chi connectivity index (χ0) is 30.2. The van der Waals surface area contributed by atoms with Crippen LogP contribution in [0.3, 0.4) is 0 Å². The molecule has 45 heavy (non-hydrogen) atoms. The maximum absolute atomic E-state index is 5.48. The van der Waals surface area contributed by atoms with Crippen molar-refractivity contribution in [2.45, 2.75) is 56.9 Å². The molecule has 0 amide bonds. The van der Waals surface area contributed by atoms with Gasteiger partial charge in [-0.1, -0.05) is 147 Å². The van der Waals surface area contributed by atoms with E-state index in [1.807, 2.05) is 0 Å². The molecule has 6 unspecified atom stereocenters. The Kier molecular flexibility index (Phi) is 7.59. The number of amidine groups is 1. The Labute approximate surface area is 268 Å². The van der Waals surface area contributed by atoms with Gasteiger partial charge in [-0.15, -0.1) is 0 Å². The molecule has 0 saturated carbocycles. The van der Waals surface area contributed by atoms with E-state index in [2.05, 4.69) is 146 Å². The summed E-state index contributed by atoms with van der Waals surface area (Å²) in [5.41, 5.74) is 10.7. The summed E-state index contributed by atoms with van der Waals surface area (Å²) in [6.45, 7) is 2.27. The summed E-state index contributed by atoms with van der Waals surface area (Å²) < 4.78 is 0. The molecule has 2 heteroatoms. The zero-order valence-electron chi connectivity index (χ0n) is 26.1. The number of fused-ring (bicyclic) bond motifs is 6. The lowest BCUT2D eigenvalue weighted by Gasteiger charge is -2.43. The van der Waals surface area contributed by atoms with Crippen LogP contribution >= 0.6 is 0 Å². The molecule has 0 spiro atoms.